The van der Waals surface area contributed by atoms with Crippen molar-refractivity contribution in [3.63, 3.8) is 0 Å². The van der Waals surface area contributed by atoms with Gasteiger partial charge in [-0.1, -0.05) is 6.07 Å². The molecule has 3 aromatic rings. The maximum Gasteiger partial charge on any atom is 0.154 e. The third-order valence-corrected chi connectivity index (χ3v) is 3.70. The number of hydrogen-bond acceptors (Lipinski definition) is 4. The normalized spacial score (nSPS) is 15.4. The number of hydrogen-bond donors (Lipinski definition) is 0. The Hall–Kier alpha value is -2.27. The summed E-state index contributed by atoms with van der Waals surface area (Å²) in [7, 11) is 0. The van der Waals surface area contributed by atoms with E-state index >= 15 is 0 Å². The van der Waals surface area contributed by atoms with Gasteiger partial charge in [-0.15, -0.1) is 0 Å². The summed E-state index contributed by atoms with van der Waals surface area (Å²) < 4.78 is 7.12. The van der Waals surface area contributed by atoms with E-state index in [0.717, 1.165) is 41.3 Å². The molecule has 1 aliphatic rings. The second kappa shape index (κ2) is 4.38. The minimum absolute atomic E-state index is 0.416. The smallest absolute Gasteiger partial charge is 0.154 e. The van der Waals surface area contributed by atoms with E-state index in [0.29, 0.717) is 5.92 Å². The third-order valence-electron chi connectivity index (χ3n) is 3.70. The molecule has 0 aromatic carbocycles. The van der Waals surface area contributed by atoms with Crippen LogP contribution in [0.5, 0.6) is 0 Å². The van der Waals surface area contributed by atoms with Crippen LogP contribution in [0.3, 0.4) is 0 Å². The van der Waals surface area contributed by atoms with Crippen molar-refractivity contribution >= 4 is 10.9 Å². The minimum atomic E-state index is 0.416. The monoisotopic (exact) mass is 266 g/mol. The molecule has 1 fully saturated rings. The SMILES string of the molecule is Cc1nn(-c2cccc(C3COC3)n2)c2ccncc12. The van der Waals surface area contributed by atoms with Crippen molar-refractivity contribution in [2.45, 2.75) is 12.8 Å². The first-order chi connectivity index (χ1) is 9.83. The first-order valence-electron chi connectivity index (χ1n) is 6.67. The summed E-state index contributed by atoms with van der Waals surface area (Å²) in [5.74, 6) is 1.26. The highest BCUT2D eigenvalue weighted by Crippen LogP contribution is 2.24. The van der Waals surface area contributed by atoms with Gasteiger partial charge in [0, 0.05) is 23.7 Å². The van der Waals surface area contributed by atoms with Crippen molar-refractivity contribution < 1.29 is 4.74 Å². The van der Waals surface area contributed by atoms with Crippen LogP contribution in [0.25, 0.3) is 16.7 Å². The zero-order valence-corrected chi connectivity index (χ0v) is 11.2. The van der Waals surface area contributed by atoms with Crippen LogP contribution in [0, 0.1) is 6.92 Å². The molecule has 20 heavy (non-hydrogen) atoms. The first kappa shape index (κ1) is 11.5. The molecule has 0 amide bonds. The average molecular weight is 266 g/mol. The van der Waals surface area contributed by atoms with E-state index in [1.807, 2.05) is 36.0 Å². The van der Waals surface area contributed by atoms with E-state index in [1.165, 1.54) is 0 Å². The quantitative estimate of drug-likeness (QED) is 0.713. The molecule has 100 valence electrons. The van der Waals surface area contributed by atoms with Crippen LogP contribution in [0.4, 0.5) is 0 Å². The number of fused-ring (bicyclic) bond motifs is 1. The predicted octanol–water partition coefficient (Wildman–Crippen LogP) is 2.24. The molecule has 1 aliphatic heterocycles. The molecule has 5 heteroatoms. The van der Waals surface area contributed by atoms with Crippen LogP contribution in [0.15, 0.2) is 36.7 Å². The molecule has 4 heterocycles. The van der Waals surface area contributed by atoms with Crippen LogP contribution in [-0.2, 0) is 4.74 Å². The van der Waals surface area contributed by atoms with Crippen LogP contribution < -0.4 is 0 Å². The number of nitrogens with zero attached hydrogens (tertiary/aromatic N) is 4. The van der Waals surface area contributed by atoms with Gasteiger partial charge < -0.3 is 4.74 Å². The maximum absolute atomic E-state index is 5.24. The number of aromatic nitrogens is 4. The van der Waals surface area contributed by atoms with Crippen molar-refractivity contribution in [2.75, 3.05) is 13.2 Å². The fraction of sp³-hybridized carbons (Fsp3) is 0.267. The second-order valence-corrected chi connectivity index (χ2v) is 5.05. The van der Waals surface area contributed by atoms with E-state index in [9.17, 15) is 0 Å². The lowest BCUT2D eigenvalue weighted by molar-refractivity contribution is 0.00671. The highest BCUT2D eigenvalue weighted by Gasteiger charge is 2.22. The van der Waals surface area contributed by atoms with Crippen molar-refractivity contribution in [1.29, 1.82) is 0 Å². The fourth-order valence-electron chi connectivity index (χ4n) is 2.47. The van der Waals surface area contributed by atoms with Crippen LogP contribution in [0.1, 0.15) is 17.3 Å². The molecule has 0 spiro atoms. The molecular formula is C15H14N4O. The molecule has 0 atom stereocenters. The maximum atomic E-state index is 5.24. The standard InChI is InChI=1S/C15H14N4O/c1-10-12-7-16-6-5-14(12)19(18-10)15-4-2-3-13(17-15)11-8-20-9-11/h2-7,11H,8-9H2,1H3. The number of aryl methyl sites for hydroxylation is 1. The fourth-order valence-corrected chi connectivity index (χ4v) is 2.47. The molecule has 3 aromatic heterocycles. The molecule has 1 saturated heterocycles. The van der Waals surface area contributed by atoms with Crippen molar-refractivity contribution in [1.82, 2.24) is 19.7 Å². The molecule has 0 bridgehead atoms. The number of rotatable bonds is 2. The summed E-state index contributed by atoms with van der Waals surface area (Å²) in [5.41, 5.74) is 3.07. The lowest BCUT2D eigenvalue weighted by Crippen LogP contribution is -2.26. The van der Waals surface area contributed by atoms with E-state index in [-0.39, 0.29) is 0 Å². The minimum Gasteiger partial charge on any atom is -0.380 e. The lowest BCUT2D eigenvalue weighted by atomic mass is 10.0. The van der Waals surface area contributed by atoms with Gasteiger partial charge in [0.05, 0.1) is 30.1 Å². The van der Waals surface area contributed by atoms with E-state index < -0.39 is 0 Å². The molecule has 0 saturated carbocycles. The zero-order chi connectivity index (χ0) is 13.5. The molecule has 0 N–H and O–H groups in total. The van der Waals surface area contributed by atoms with Crippen LogP contribution >= 0.6 is 0 Å². The Balaban J connectivity index is 1.86. The average Bonchev–Trinajstić information content (AvgIpc) is 2.75. The van der Waals surface area contributed by atoms with Gasteiger partial charge in [0.25, 0.3) is 0 Å². The molecule has 5 nitrogen and oxygen atoms in total. The van der Waals surface area contributed by atoms with E-state index in [2.05, 4.69) is 16.1 Å². The van der Waals surface area contributed by atoms with Crippen molar-refractivity contribution in [2.24, 2.45) is 0 Å². The summed E-state index contributed by atoms with van der Waals surface area (Å²) in [5, 5.41) is 5.65. The Morgan fingerprint density at radius 1 is 1.25 bits per heavy atom. The van der Waals surface area contributed by atoms with Gasteiger partial charge in [0.1, 0.15) is 0 Å². The largest absolute Gasteiger partial charge is 0.380 e. The van der Waals surface area contributed by atoms with Gasteiger partial charge in [0.2, 0.25) is 0 Å². The molecular weight excluding hydrogens is 252 g/mol. The van der Waals surface area contributed by atoms with Gasteiger partial charge in [-0.2, -0.15) is 5.10 Å². The number of ether oxygens (including phenoxy) is 1. The summed E-state index contributed by atoms with van der Waals surface area (Å²) in [6, 6.07) is 8.03. The highest BCUT2D eigenvalue weighted by molar-refractivity contribution is 5.81. The Morgan fingerprint density at radius 2 is 2.15 bits per heavy atom. The van der Waals surface area contributed by atoms with Gasteiger partial charge in [-0.3, -0.25) is 4.98 Å². The first-order valence-corrected chi connectivity index (χ1v) is 6.67. The topological polar surface area (TPSA) is 52.8 Å². The van der Waals surface area contributed by atoms with Gasteiger partial charge in [-0.05, 0) is 25.1 Å². The Kier molecular flexibility index (Phi) is 2.53. The van der Waals surface area contributed by atoms with E-state index in [4.69, 9.17) is 9.72 Å². The summed E-state index contributed by atoms with van der Waals surface area (Å²) in [6.45, 7) is 3.52. The second-order valence-electron chi connectivity index (χ2n) is 5.05. The predicted molar refractivity (Wildman–Crippen MR) is 75.0 cm³/mol. The molecule has 0 aliphatic carbocycles. The van der Waals surface area contributed by atoms with Gasteiger partial charge in [0.15, 0.2) is 5.82 Å². The van der Waals surface area contributed by atoms with Crippen LogP contribution in [0.2, 0.25) is 0 Å². The Bertz CT molecular complexity index is 776. The van der Waals surface area contributed by atoms with E-state index in [1.54, 1.807) is 6.20 Å². The summed E-state index contributed by atoms with van der Waals surface area (Å²) in [4.78, 5) is 8.89. The van der Waals surface area contributed by atoms with Gasteiger partial charge >= 0.3 is 0 Å². The Morgan fingerprint density at radius 3 is 2.95 bits per heavy atom. The summed E-state index contributed by atoms with van der Waals surface area (Å²) in [6.07, 6.45) is 3.63. The Labute approximate surface area is 116 Å². The van der Waals surface area contributed by atoms with Gasteiger partial charge in [-0.25, -0.2) is 9.67 Å². The molecule has 4 rings (SSSR count). The zero-order valence-electron chi connectivity index (χ0n) is 11.2. The van der Waals surface area contributed by atoms with Crippen LogP contribution in [-0.4, -0.2) is 33.0 Å². The third kappa shape index (κ3) is 1.71. The highest BCUT2D eigenvalue weighted by atomic mass is 16.5. The summed E-state index contributed by atoms with van der Waals surface area (Å²) >= 11 is 0. The molecule has 0 radical (unpaired) electrons. The lowest BCUT2D eigenvalue weighted by Gasteiger charge is -2.25. The molecule has 0 unspecified atom stereocenters. The van der Waals surface area contributed by atoms with Crippen molar-refractivity contribution in [3.05, 3.63) is 48.0 Å². The number of pyridine rings is 2. The van der Waals surface area contributed by atoms with Crippen molar-refractivity contribution in [3.8, 4) is 5.82 Å².